The van der Waals surface area contributed by atoms with Crippen molar-refractivity contribution in [1.29, 1.82) is 0 Å². The molecule has 1 aromatic carbocycles. The number of rotatable bonds is 3. The number of aromatic nitrogens is 3. The molecule has 112 valence electrons. The lowest BCUT2D eigenvalue weighted by atomic mass is 10.1. The standard InChI is InChI=1S/C16H15N3O3/c1-9-4-5-11(7-14(9)21-3)15-18-16(22-19-15)12-6-10(2)17-8-13(12)20/h4-8,20H,1-3H3. The average molecular weight is 297 g/mol. The normalized spacial score (nSPS) is 10.7. The Labute approximate surface area is 127 Å². The smallest absolute Gasteiger partial charge is 0.262 e. The molecule has 0 atom stereocenters. The van der Waals surface area contributed by atoms with Crippen molar-refractivity contribution in [3.8, 4) is 34.3 Å². The number of aromatic hydroxyl groups is 1. The number of hydrogen-bond donors (Lipinski definition) is 1. The minimum Gasteiger partial charge on any atom is -0.505 e. The topological polar surface area (TPSA) is 81.3 Å². The van der Waals surface area contributed by atoms with Crippen molar-refractivity contribution in [3.63, 3.8) is 0 Å². The highest BCUT2D eigenvalue weighted by Gasteiger charge is 2.15. The van der Waals surface area contributed by atoms with Gasteiger partial charge in [0, 0.05) is 11.3 Å². The molecule has 2 aromatic heterocycles. The monoisotopic (exact) mass is 297 g/mol. The van der Waals surface area contributed by atoms with Crippen LogP contribution in [-0.2, 0) is 0 Å². The van der Waals surface area contributed by atoms with Crippen LogP contribution in [0.5, 0.6) is 11.5 Å². The average Bonchev–Trinajstić information content (AvgIpc) is 3.00. The van der Waals surface area contributed by atoms with E-state index >= 15 is 0 Å². The lowest BCUT2D eigenvalue weighted by Crippen LogP contribution is -1.89. The van der Waals surface area contributed by atoms with E-state index in [-0.39, 0.29) is 11.6 Å². The van der Waals surface area contributed by atoms with E-state index in [0.29, 0.717) is 11.4 Å². The fraction of sp³-hybridized carbons (Fsp3) is 0.188. The molecule has 0 saturated carbocycles. The highest BCUT2D eigenvalue weighted by atomic mass is 16.5. The van der Waals surface area contributed by atoms with Gasteiger partial charge in [-0.3, -0.25) is 4.98 Å². The van der Waals surface area contributed by atoms with Crippen LogP contribution < -0.4 is 4.74 Å². The van der Waals surface area contributed by atoms with Gasteiger partial charge in [0.1, 0.15) is 11.5 Å². The molecule has 2 heterocycles. The fourth-order valence-electron chi connectivity index (χ4n) is 2.13. The third-order valence-electron chi connectivity index (χ3n) is 3.34. The first kappa shape index (κ1) is 14.1. The number of ether oxygens (including phenoxy) is 1. The highest BCUT2D eigenvalue weighted by molar-refractivity contribution is 5.65. The van der Waals surface area contributed by atoms with Crippen molar-refractivity contribution in [2.24, 2.45) is 0 Å². The summed E-state index contributed by atoms with van der Waals surface area (Å²) in [6.45, 7) is 3.78. The molecule has 0 radical (unpaired) electrons. The van der Waals surface area contributed by atoms with Crippen LogP contribution in [0.15, 0.2) is 35.0 Å². The summed E-state index contributed by atoms with van der Waals surface area (Å²) in [5.41, 5.74) is 3.02. The van der Waals surface area contributed by atoms with Crippen LogP contribution in [-0.4, -0.2) is 27.3 Å². The zero-order valence-electron chi connectivity index (χ0n) is 12.5. The first-order valence-electron chi connectivity index (χ1n) is 6.73. The molecule has 0 saturated heterocycles. The molecular formula is C16H15N3O3. The molecule has 6 heteroatoms. The van der Waals surface area contributed by atoms with E-state index in [2.05, 4.69) is 15.1 Å². The number of methoxy groups -OCH3 is 1. The molecule has 0 amide bonds. The Morgan fingerprint density at radius 2 is 2.00 bits per heavy atom. The van der Waals surface area contributed by atoms with Crippen LogP contribution in [0.1, 0.15) is 11.3 Å². The summed E-state index contributed by atoms with van der Waals surface area (Å²) in [6.07, 6.45) is 1.36. The number of hydrogen-bond acceptors (Lipinski definition) is 6. The van der Waals surface area contributed by atoms with Crippen molar-refractivity contribution >= 4 is 0 Å². The van der Waals surface area contributed by atoms with E-state index in [4.69, 9.17) is 9.26 Å². The zero-order chi connectivity index (χ0) is 15.7. The second kappa shape index (κ2) is 5.48. The molecule has 0 aliphatic rings. The summed E-state index contributed by atoms with van der Waals surface area (Å²) in [4.78, 5) is 8.34. The fourth-order valence-corrected chi connectivity index (χ4v) is 2.13. The van der Waals surface area contributed by atoms with E-state index in [1.54, 1.807) is 13.2 Å². The van der Waals surface area contributed by atoms with Gasteiger partial charge in [-0.15, -0.1) is 0 Å². The predicted octanol–water partition coefficient (Wildman–Crippen LogP) is 3.13. The maximum absolute atomic E-state index is 9.88. The van der Waals surface area contributed by atoms with E-state index in [0.717, 1.165) is 22.6 Å². The van der Waals surface area contributed by atoms with Gasteiger partial charge in [0.15, 0.2) is 0 Å². The van der Waals surface area contributed by atoms with Gasteiger partial charge in [-0.2, -0.15) is 4.98 Å². The summed E-state index contributed by atoms with van der Waals surface area (Å²) in [7, 11) is 1.62. The van der Waals surface area contributed by atoms with Crippen LogP contribution in [0.4, 0.5) is 0 Å². The first-order valence-corrected chi connectivity index (χ1v) is 6.73. The van der Waals surface area contributed by atoms with E-state index in [9.17, 15) is 5.11 Å². The maximum Gasteiger partial charge on any atom is 0.262 e. The second-order valence-electron chi connectivity index (χ2n) is 4.95. The lowest BCUT2D eigenvalue weighted by Gasteiger charge is -2.04. The molecule has 0 unspecified atom stereocenters. The van der Waals surface area contributed by atoms with Crippen molar-refractivity contribution in [2.75, 3.05) is 7.11 Å². The molecule has 1 N–H and O–H groups in total. The van der Waals surface area contributed by atoms with Gasteiger partial charge in [-0.05, 0) is 31.5 Å². The van der Waals surface area contributed by atoms with Crippen LogP contribution in [0, 0.1) is 13.8 Å². The van der Waals surface area contributed by atoms with Gasteiger partial charge in [0.25, 0.3) is 5.89 Å². The Kier molecular flexibility index (Phi) is 3.50. The third-order valence-corrected chi connectivity index (χ3v) is 3.34. The predicted molar refractivity (Wildman–Crippen MR) is 80.7 cm³/mol. The highest BCUT2D eigenvalue weighted by Crippen LogP contribution is 2.30. The number of benzene rings is 1. The van der Waals surface area contributed by atoms with Crippen molar-refractivity contribution in [2.45, 2.75) is 13.8 Å². The number of pyridine rings is 1. The molecule has 0 aliphatic carbocycles. The van der Waals surface area contributed by atoms with Crippen LogP contribution in [0.3, 0.4) is 0 Å². The first-order chi connectivity index (χ1) is 10.6. The summed E-state index contributed by atoms with van der Waals surface area (Å²) in [5.74, 6) is 1.44. The van der Waals surface area contributed by atoms with E-state index < -0.39 is 0 Å². The Balaban J connectivity index is 2.02. The lowest BCUT2D eigenvalue weighted by molar-refractivity contribution is 0.411. The summed E-state index contributed by atoms with van der Waals surface area (Å²) < 4.78 is 10.6. The summed E-state index contributed by atoms with van der Waals surface area (Å²) in [5, 5.41) is 13.8. The van der Waals surface area contributed by atoms with Crippen molar-refractivity contribution in [3.05, 3.63) is 41.7 Å². The molecule has 6 nitrogen and oxygen atoms in total. The van der Waals surface area contributed by atoms with Gasteiger partial charge in [-0.25, -0.2) is 0 Å². The molecular weight excluding hydrogens is 282 g/mol. The van der Waals surface area contributed by atoms with Gasteiger partial charge < -0.3 is 14.4 Å². The van der Waals surface area contributed by atoms with E-state index in [1.807, 2.05) is 32.0 Å². The van der Waals surface area contributed by atoms with Gasteiger partial charge in [0.05, 0.1) is 18.9 Å². The van der Waals surface area contributed by atoms with Crippen molar-refractivity contribution in [1.82, 2.24) is 15.1 Å². The third kappa shape index (κ3) is 2.50. The van der Waals surface area contributed by atoms with Crippen LogP contribution in [0.25, 0.3) is 22.8 Å². The quantitative estimate of drug-likeness (QED) is 0.800. The second-order valence-corrected chi connectivity index (χ2v) is 4.95. The minimum atomic E-state index is 0.00212. The van der Waals surface area contributed by atoms with Gasteiger partial charge in [-0.1, -0.05) is 17.3 Å². The maximum atomic E-state index is 9.88. The Hall–Kier alpha value is -2.89. The summed E-state index contributed by atoms with van der Waals surface area (Å²) in [6, 6.07) is 7.37. The van der Waals surface area contributed by atoms with Crippen LogP contribution >= 0.6 is 0 Å². The molecule has 22 heavy (non-hydrogen) atoms. The minimum absolute atomic E-state index is 0.00212. The van der Waals surface area contributed by atoms with Crippen molar-refractivity contribution < 1.29 is 14.4 Å². The molecule has 0 aliphatic heterocycles. The SMILES string of the molecule is COc1cc(-c2noc(-c3cc(C)ncc3O)n2)ccc1C. The van der Waals surface area contributed by atoms with Gasteiger partial charge >= 0.3 is 0 Å². The Morgan fingerprint density at radius 1 is 1.18 bits per heavy atom. The number of nitrogens with zero attached hydrogens (tertiary/aromatic N) is 3. The Morgan fingerprint density at radius 3 is 2.77 bits per heavy atom. The largest absolute Gasteiger partial charge is 0.505 e. The molecule has 0 fully saturated rings. The molecule has 3 aromatic rings. The zero-order valence-corrected chi connectivity index (χ0v) is 12.5. The van der Waals surface area contributed by atoms with Gasteiger partial charge in [0.2, 0.25) is 5.82 Å². The Bertz CT molecular complexity index is 827. The number of aryl methyl sites for hydroxylation is 2. The molecule has 0 bridgehead atoms. The van der Waals surface area contributed by atoms with E-state index in [1.165, 1.54) is 6.20 Å². The molecule has 3 rings (SSSR count). The van der Waals surface area contributed by atoms with Crippen LogP contribution in [0.2, 0.25) is 0 Å². The molecule has 0 spiro atoms. The summed E-state index contributed by atoms with van der Waals surface area (Å²) >= 11 is 0.